The number of ether oxygens (including phenoxy) is 1. The van der Waals surface area contributed by atoms with Gasteiger partial charge >= 0.3 is 0 Å². The molecule has 0 aliphatic carbocycles. The van der Waals surface area contributed by atoms with E-state index in [4.69, 9.17) is 4.74 Å². The number of phenolic OH excluding ortho intramolecular Hbond substituents is 1. The number of rotatable bonds is 6. The van der Waals surface area contributed by atoms with Crippen molar-refractivity contribution < 1.29 is 9.84 Å². The van der Waals surface area contributed by atoms with Crippen LogP contribution in [0.15, 0.2) is 18.2 Å². The third kappa shape index (κ3) is 4.11. The lowest BCUT2D eigenvalue weighted by atomic mass is 9.94. The number of benzene rings is 1. The van der Waals surface area contributed by atoms with Crippen molar-refractivity contribution in [3.8, 4) is 11.5 Å². The van der Waals surface area contributed by atoms with Gasteiger partial charge in [-0.05, 0) is 70.1 Å². The quantitative estimate of drug-likeness (QED) is 0.846. The number of nitrogens with one attached hydrogen (secondary N) is 1. The van der Waals surface area contributed by atoms with Crippen molar-refractivity contribution in [2.75, 3.05) is 33.3 Å². The summed E-state index contributed by atoms with van der Waals surface area (Å²) in [6, 6.07) is 5.70. The standard InChI is InChI=1S/C17H28N2O2/c1-4-18-12-14-7-9-19(10-8-14)13(2)16-11-15(21-3)5-6-17(16)20/h5-6,11,13-14,18,20H,4,7-10,12H2,1-3H3. The molecule has 2 rings (SSSR count). The lowest BCUT2D eigenvalue weighted by molar-refractivity contribution is 0.138. The van der Waals surface area contributed by atoms with Gasteiger partial charge in [-0.2, -0.15) is 0 Å². The molecule has 4 heteroatoms. The van der Waals surface area contributed by atoms with Crippen LogP contribution in [0.1, 0.15) is 38.3 Å². The van der Waals surface area contributed by atoms with E-state index in [9.17, 15) is 5.11 Å². The van der Waals surface area contributed by atoms with E-state index in [0.29, 0.717) is 5.75 Å². The van der Waals surface area contributed by atoms with Crippen molar-refractivity contribution in [2.45, 2.75) is 32.7 Å². The van der Waals surface area contributed by atoms with E-state index < -0.39 is 0 Å². The summed E-state index contributed by atoms with van der Waals surface area (Å²) in [5.74, 6) is 1.95. The maximum absolute atomic E-state index is 10.1. The molecule has 1 unspecified atom stereocenters. The molecule has 4 nitrogen and oxygen atoms in total. The molecule has 1 aliphatic heterocycles. The molecule has 0 radical (unpaired) electrons. The van der Waals surface area contributed by atoms with E-state index in [1.807, 2.05) is 6.07 Å². The largest absolute Gasteiger partial charge is 0.508 e. The molecule has 0 saturated carbocycles. The van der Waals surface area contributed by atoms with Gasteiger partial charge in [0, 0.05) is 11.6 Å². The normalized spacial score (nSPS) is 18.6. The van der Waals surface area contributed by atoms with Gasteiger partial charge in [0.1, 0.15) is 11.5 Å². The lowest BCUT2D eigenvalue weighted by Gasteiger charge is -2.36. The van der Waals surface area contributed by atoms with Gasteiger partial charge in [0.15, 0.2) is 0 Å². The molecule has 1 saturated heterocycles. The Bertz CT molecular complexity index is 442. The number of likely N-dealkylation sites (tertiary alicyclic amines) is 1. The zero-order valence-electron chi connectivity index (χ0n) is 13.4. The summed E-state index contributed by atoms with van der Waals surface area (Å²) in [7, 11) is 1.66. The minimum Gasteiger partial charge on any atom is -0.508 e. The molecule has 1 aromatic carbocycles. The van der Waals surface area contributed by atoms with E-state index in [1.165, 1.54) is 12.8 Å². The van der Waals surface area contributed by atoms with Crippen LogP contribution in [-0.2, 0) is 0 Å². The molecule has 0 aromatic heterocycles. The second-order valence-corrected chi connectivity index (χ2v) is 5.89. The van der Waals surface area contributed by atoms with Gasteiger partial charge in [0.2, 0.25) is 0 Å². The molecule has 118 valence electrons. The van der Waals surface area contributed by atoms with Crippen LogP contribution >= 0.6 is 0 Å². The summed E-state index contributed by atoms with van der Waals surface area (Å²) in [4.78, 5) is 2.46. The molecule has 2 N–H and O–H groups in total. The average Bonchev–Trinajstić information content (AvgIpc) is 2.53. The first kappa shape index (κ1) is 16.1. The molecule has 1 aliphatic rings. The molecule has 21 heavy (non-hydrogen) atoms. The Hall–Kier alpha value is -1.26. The maximum Gasteiger partial charge on any atom is 0.120 e. The van der Waals surface area contributed by atoms with Gasteiger partial charge in [0.25, 0.3) is 0 Å². The Morgan fingerprint density at radius 3 is 2.71 bits per heavy atom. The molecule has 1 aromatic rings. The number of nitrogens with zero attached hydrogens (tertiary/aromatic N) is 1. The zero-order valence-corrected chi connectivity index (χ0v) is 13.4. The molecule has 1 atom stereocenters. The average molecular weight is 292 g/mol. The minimum atomic E-state index is 0.222. The van der Waals surface area contributed by atoms with Crippen LogP contribution in [0, 0.1) is 5.92 Å². The number of hydrogen-bond donors (Lipinski definition) is 2. The van der Waals surface area contributed by atoms with Crippen molar-refractivity contribution in [1.82, 2.24) is 10.2 Å². The highest BCUT2D eigenvalue weighted by atomic mass is 16.5. The number of piperidine rings is 1. The van der Waals surface area contributed by atoms with Crippen LogP contribution in [0.5, 0.6) is 11.5 Å². The predicted molar refractivity (Wildman–Crippen MR) is 85.9 cm³/mol. The number of methoxy groups -OCH3 is 1. The Morgan fingerprint density at radius 1 is 1.38 bits per heavy atom. The minimum absolute atomic E-state index is 0.222. The second-order valence-electron chi connectivity index (χ2n) is 5.89. The fraction of sp³-hybridized carbons (Fsp3) is 0.647. The van der Waals surface area contributed by atoms with Crippen LogP contribution in [0.4, 0.5) is 0 Å². The Labute approximate surface area is 128 Å². The van der Waals surface area contributed by atoms with Gasteiger partial charge in [-0.15, -0.1) is 0 Å². The lowest BCUT2D eigenvalue weighted by Crippen LogP contribution is -2.38. The maximum atomic E-state index is 10.1. The van der Waals surface area contributed by atoms with Gasteiger partial charge in [-0.1, -0.05) is 6.92 Å². The van der Waals surface area contributed by atoms with E-state index in [0.717, 1.165) is 43.4 Å². The van der Waals surface area contributed by atoms with Gasteiger partial charge in [0.05, 0.1) is 7.11 Å². The summed E-state index contributed by atoms with van der Waals surface area (Å²) in [6.45, 7) is 8.68. The van der Waals surface area contributed by atoms with E-state index >= 15 is 0 Å². The summed E-state index contributed by atoms with van der Waals surface area (Å²) in [6.07, 6.45) is 2.45. The molecular weight excluding hydrogens is 264 g/mol. The summed E-state index contributed by atoms with van der Waals surface area (Å²) < 4.78 is 5.27. The van der Waals surface area contributed by atoms with Crippen molar-refractivity contribution in [3.63, 3.8) is 0 Å². The highest BCUT2D eigenvalue weighted by molar-refractivity contribution is 5.41. The first-order chi connectivity index (χ1) is 10.2. The van der Waals surface area contributed by atoms with E-state index in [-0.39, 0.29) is 6.04 Å². The monoisotopic (exact) mass is 292 g/mol. The smallest absolute Gasteiger partial charge is 0.120 e. The summed E-state index contributed by atoms with van der Waals surface area (Å²) in [5.41, 5.74) is 0.958. The molecule has 0 bridgehead atoms. The fourth-order valence-corrected chi connectivity index (χ4v) is 3.08. The van der Waals surface area contributed by atoms with Gasteiger partial charge < -0.3 is 15.2 Å². The molecule has 1 fully saturated rings. The Kier molecular flexibility index (Phi) is 5.88. The van der Waals surface area contributed by atoms with Crippen LogP contribution in [0.3, 0.4) is 0 Å². The third-order valence-corrected chi connectivity index (χ3v) is 4.56. The first-order valence-electron chi connectivity index (χ1n) is 7.97. The second kappa shape index (κ2) is 7.66. The van der Waals surface area contributed by atoms with E-state index in [2.05, 4.69) is 24.1 Å². The number of aromatic hydroxyl groups is 1. The Balaban J connectivity index is 1.97. The first-order valence-corrected chi connectivity index (χ1v) is 7.97. The Morgan fingerprint density at radius 2 is 2.10 bits per heavy atom. The topological polar surface area (TPSA) is 44.7 Å². The van der Waals surface area contributed by atoms with Crippen LogP contribution in [0.2, 0.25) is 0 Å². The van der Waals surface area contributed by atoms with Crippen molar-refractivity contribution in [3.05, 3.63) is 23.8 Å². The van der Waals surface area contributed by atoms with E-state index in [1.54, 1.807) is 19.2 Å². The van der Waals surface area contributed by atoms with Crippen LogP contribution in [-0.4, -0.2) is 43.3 Å². The van der Waals surface area contributed by atoms with Crippen molar-refractivity contribution >= 4 is 0 Å². The van der Waals surface area contributed by atoms with Gasteiger partial charge in [-0.3, -0.25) is 4.90 Å². The molecular formula is C17H28N2O2. The number of hydrogen-bond acceptors (Lipinski definition) is 4. The zero-order chi connectivity index (χ0) is 15.2. The third-order valence-electron chi connectivity index (χ3n) is 4.56. The van der Waals surface area contributed by atoms with Crippen LogP contribution < -0.4 is 10.1 Å². The van der Waals surface area contributed by atoms with Crippen LogP contribution in [0.25, 0.3) is 0 Å². The van der Waals surface area contributed by atoms with Crippen molar-refractivity contribution in [1.29, 1.82) is 0 Å². The van der Waals surface area contributed by atoms with Gasteiger partial charge in [-0.25, -0.2) is 0 Å². The molecule has 0 amide bonds. The highest BCUT2D eigenvalue weighted by Gasteiger charge is 2.24. The highest BCUT2D eigenvalue weighted by Crippen LogP contribution is 2.33. The number of phenols is 1. The molecule has 1 heterocycles. The summed E-state index contributed by atoms with van der Waals surface area (Å²) >= 11 is 0. The summed E-state index contributed by atoms with van der Waals surface area (Å²) in [5, 5.41) is 13.6. The fourth-order valence-electron chi connectivity index (χ4n) is 3.08. The van der Waals surface area contributed by atoms with Crippen molar-refractivity contribution in [2.24, 2.45) is 5.92 Å². The predicted octanol–water partition coefficient (Wildman–Crippen LogP) is 2.78. The SMILES string of the molecule is CCNCC1CCN(C(C)c2cc(OC)ccc2O)CC1. The molecule has 0 spiro atoms.